The van der Waals surface area contributed by atoms with Crippen LogP contribution in [0.5, 0.6) is 0 Å². The summed E-state index contributed by atoms with van der Waals surface area (Å²) in [7, 11) is 0. The molecule has 25 heavy (non-hydrogen) atoms. The van der Waals surface area contributed by atoms with Crippen molar-refractivity contribution in [2.24, 2.45) is 34.5 Å². The lowest BCUT2D eigenvalue weighted by molar-refractivity contribution is -0.190. The normalized spacial score (nSPS) is 56.7. The maximum Gasteiger partial charge on any atom is 0.137 e. The molecule has 4 heteroatoms. The van der Waals surface area contributed by atoms with Crippen LogP contribution in [0.15, 0.2) is 0 Å². The van der Waals surface area contributed by atoms with Crippen molar-refractivity contribution in [1.82, 2.24) is 0 Å². The van der Waals surface area contributed by atoms with Gasteiger partial charge in [-0.05, 0) is 75.0 Å². The Morgan fingerprint density at radius 2 is 1.84 bits per heavy atom. The van der Waals surface area contributed by atoms with Crippen LogP contribution < -0.4 is 0 Å². The van der Waals surface area contributed by atoms with Gasteiger partial charge in [-0.3, -0.25) is 4.79 Å². The van der Waals surface area contributed by atoms with E-state index in [0.29, 0.717) is 36.4 Å². The standard InChI is InChI=1S/C21H34O4/c1-12(22)21(25)9-7-16-15-5-4-13-10-14(23)6-8-19(13,2)18(15)17(24)11-20(16,21)3/h12-16,18,22-23,25H,4-11H2,1-3H3/t12?,13-,14-,15+,16+,18-,19+,20+,21+/m1/s1. The topological polar surface area (TPSA) is 77.8 Å². The Labute approximate surface area is 151 Å². The molecule has 0 bridgehead atoms. The number of hydrogen-bond acceptors (Lipinski definition) is 4. The molecule has 4 nitrogen and oxygen atoms in total. The molecule has 0 aliphatic heterocycles. The number of Topliss-reactive ketones (excluding diaryl/α,β-unsaturated/α-hetero) is 1. The van der Waals surface area contributed by atoms with E-state index in [0.717, 1.165) is 38.5 Å². The number of carbonyl (C=O) groups is 1. The zero-order valence-electron chi connectivity index (χ0n) is 15.9. The molecule has 0 aromatic rings. The van der Waals surface area contributed by atoms with E-state index in [2.05, 4.69) is 6.92 Å². The minimum Gasteiger partial charge on any atom is -0.393 e. The van der Waals surface area contributed by atoms with Crippen molar-refractivity contribution in [3.05, 3.63) is 0 Å². The van der Waals surface area contributed by atoms with Gasteiger partial charge >= 0.3 is 0 Å². The third kappa shape index (κ3) is 2.20. The summed E-state index contributed by atoms with van der Waals surface area (Å²) >= 11 is 0. The molecule has 4 fully saturated rings. The third-order valence-electron chi connectivity index (χ3n) is 9.23. The highest BCUT2D eigenvalue weighted by Crippen LogP contribution is 2.67. The maximum atomic E-state index is 13.4. The van der Waals surface area contributed by atoms with Crippen LogP contribution in [0.25, 0.3) is 0 Å². The Balaban J connectivity index is 1.70. The van der Waals surface area contributed by atoms with E-state index < -0.39 is 17.1 Å². The lowest BCUT2D eigenvalue weighted by Crippen LogP contribution is -2.62. The van der Waals surface area contributed by atoms with Crippen molar-refractivity contribution in [2.45, 2.75) is 89.9 Å². The van der Waals surface area contributed by atoms with Crippen LogP contribution in [0.4, 0.5) is 0 Å². The fraction of sp³-hybridized carbons (Fsp3) is 0.952. The Morgan fingerprint density at radius 3 is 2.52 bits per heavy atom. The first-order chi connectivity index (χ1) is 11.6. The first-order valence-corrected chi connectivity index (χ1v) is 10.2. The van der Waals surface area contributed by atoms with Crippen LogP contribution in [0, 0.1) is 34.5 Å². The molecule has 0 aromatic carbocycles. The van der Waals surface area contributed by atoms with Gasteiger partial charge in [0.2, 0.25) is 0 Å². The zero-order valence-corrected chi connectivity index (χ0v) is 15.9. The zero-order chi connectivity index (χ0) is 18.2. The summed E-state index contributed by atoms with van der Waals surface area (Å²) < 4.78 is 0. The molecule has 1 unspecified atom stereocenters. The van der Waals surface area contributed by atoms with Crippen LogP contribution in [0.1, 0.15) is 72.1 Å². The molecule has 0 saturated heterocycles. The average Bonchev–Trinajstić information content (AvgIpc) is 2.80. The van der Waals surface area contributed by atoms with Crippen LogP contribution in [0.2, 0.25) is 0 Å². The van der Waals surface area contributed by atoms with Gasteiger partial charge in [0.1, 0.15) is 5.78 Å². The lowest BCUT2D eigenvalue weighted by Gasteiger charge is -2.60. The van der Waals surface area contributed by atoms with E-state index in [1.54, 1.807) is 6.92 Å². The van der Waals surface area contributed by atoms with Crippen molar-refractivity contribution in [3.8, 4) is 0 Å². The fourth-order valence-electron chi connectivity index (χ4n) is 7.77. The number of hydrogen-bond donors (Lipinski definition) is 3. The average molecular weight is 350 g/mol. The number of aliphatic hydroxyl groups excluding tert-OH is 2. The van der Waals surface area contributed by atoms with E-state index in [1.165, 1.54) is 0 Å². The lowest BCUT2D eigenvalue weighted by atomic mass is 9.44. The van der Waals surface area contributed by atoms with Gasteiger partial charge in [-0.15, -0.1) is 0 Å². The van der Waals surface area contributed by atoms with E-state index in [-0.39, 0.29) is 17.4 Å². The number of ketones is 1. The third-order valence-corrected chi connectivity index (χ3v) is 9.23. The second kappa shape index (κ2) is 5.53. The van der Waals surface area contributed by atoms with Gasteiger partial charge in [0.15, 0.2) is 0 Å². The van der Waals surface area contributed by atoms with Crippen molar-refractivity contribution < 1.29 is 20.1 Å². The van der Waals surface area contributed by atoms with Crippen LogP contribution in [-0.2, 0) is 4.79 Å². The predicted molar refractivity (Wildman–Crippen MR) is 94.8 cm³/mol. The SMILES string of the molecule is CC(O)[C@@]1(O)CC[C@H]2[C@@H]3CC[C@@H]4C[C@H](O)CC[C@]4(C)[C@H]3C(=O)C[C@@]21C. The molecule has 0 spiro atoms. The summed E-state index contributed by atoms with van der Waals surface area (Å²) in [6.45, 7) is 6.01. The van der Waals surface area contributed by atoms with Gasteiger partial charge in [-0.25, -0.2) is 0 Å². The largest absolute Gasteiger partial charge is 0.393 e. The van der Waals surface area contributed by atoms with E-state index in [9.17, 15) is 20.1 Å². The molecule has 3 N–H and O–H groups in total. The number of carbonyl (C=O) groups excluding carboxylic acids is 1. The van der Waals surface area contributed by atoms with Crippen LogP contribution >= 0.6 is 0 Å². The van der Waals surface area contributed by atoms with Gasteiger partial charge in [-0.2, -0.15) is 0 Å². The van der Waals surface area contributed by atoms with E-state index in [1.807, 2.05) is 6.92 Å². The molecular formula is C21H34O4. The molecule has 9 atom stereocenters. The summed E-state index contributed by atoms with van der Waals surface area (Å²) in [5.41, 5.74) is -1.64. The predicted octanol–water partition coefficient (Wildman–Crippen LogP) is 2.68. The minimum atomic E-state index is -1.14. The second-order valence-electron chi connectivity index (χ2n) is 10.2. The van der Waals surface area contributed by atoms with Crippen molar-refractivity contribution in [3.63, 3.8) is 0 Å². The summed E-state index contributed by atoms with van der Waals surface area (Å²) in [6, 6.07) is 0. The Hall–Kier alpha value is -0.450. The van der Waals surface area contributed by atoms with Gasteiger partial charge in [-0.1, -0.05) is 13.8 Å². The molecule has 4 aliphatic carbocycles. The molecule has 0 aromatic heterocycles. The van der Waals surface area contributed by atoms with Crippen molar-refractivity contribution >= 4 is 5.78 Å². The minimum absolute atomic E-state index is 0.00605. The van der Waals surface area contributed by atoms with Crippen LogP contribution in [0.3, 0.4) is 0 Å². The Bertz CT molecular complexity index is 574. The van der Waals surface area contributed by atoms with Crippen molar-refractivity contribution in [1.29, 1.82) is 0 Å². The second-order valence-corrected chi connectivity index (χ2v) is 10.2. The maximum absolute atomic E-state index is 13.4. The summed E-state index contributed by atoms with van der Waals surface area (Å²) in [4.78, 5) is 13.4. The Kier molecular flexibility index (Phi) is 3.97. The summed E-state index contributed by atoms with van der Waals surface area (Å²) in [5, 5.41) is 31.6. The molecule has 4 saturated carbocycles. The van der Waals surface area contributed by atoms with E-state index in [4.69, 9.17) is 0 Å². The summed E-state index contributed by atoms with van der Waals surface area (Å²) in [5.74, 6) is 1.47. The van der Waals surface area contributed by atoms with Gasteiger partial charge in [0, 0.05) is 17.8 Å². The highest BCUT2D eigenvalue weighted by molar-refractivity contribution is 5.84. The fourth-order valence-corrected chi connectivity index (χ4v) is 7.77. The molecule has 0 heterocycles. The molecule has 142 valence electrons. The first kappa shape index (κ1) is 17.9. The van der Waals surface area contributed by atoms with Crippen LogP contribution in [-0.4, -0.2) is 38.9 Å². The Morgan fingerprint density at radius 1 is 1.12 bits per heavy atom. The molecule has 0 radical (unpaired) electrons. The number of rotatable bonds is 1. The molecule has 4 aliphatic rings. The monoisotopic (exact) mass is 350 g/mol. The molecular weight excluding hydrogens is 316 g/mol. The molecule has 4 rings (SSSR count). The number of fused-ring (bicyclic) bond motifs is 5. The molecule has 0 amide bonds. The van der Waals surface area contributed by atoms with Gasteiger partial charge in [0.25, 0.3) is 0 Å². The number of aliphatic hydroxyl groups is 3. The highest BCUT2D eigenvalue weighted by Gasteiger charge is 2.68. The quantitative estimate of drug-likeness (QED) is 0.679. The van der Waals surface area contributed by atoms with E-state index >= 15 is 0 Å². The van der Waals surface area contributed by atoms with Gasteiger partial charge in [0.05, 0.1) is 17.8 Å². The first-order valence-electron chi connectivity index (χ1n) is 10.2. The summed E-state index contributed by atoms with van der Waals surface area (Å²) in [6.07, 6.45) is 5.60. The van der Waals surface area contributed by atoms with Gasteiger partial charge < -0.3 is 15.3 Å². The highest BCUT2D eigenvalue weighted by atomic mass is 16.3. The van der Waals surface area contributed by atoms with Crippen molar-refractivity contribution in [2.75, 3.05) is 0 Å². The smallest absolute Gasteiger partial charge is 0.137 e.